The number of carbonyl (C=O) groups excluding carboxylic acids is 1. The molecule has 0 saturated carbocycles. The molecule has 1 aliphatic rings. The van der Waals surface area contributed by atoms with Gasteiger partial charge in [-0.05, 0) is 49.6 Å². The lowest BCUT2D eigenvalue weighted by atomic mass is 10.00. The minimum Gasteiger partial charge on any atom is -0.480 e. The highest BCUT2D eigenvalue weighted by Crippen LogP contribution is 2.33. The van der Waals surface area contributed by atoms with Gasteiger partial charge in [-0.3, -0.25) is 14.5 Å². The van der Waals surface area contributed by atoms with Gasteiger partial charge in [-0.25, -0.2) is 0 Å². The summed E-state index contributed by atoms with van der Waals surface area (Å²) in [5.74, 6) is -1.89. The number of nitrogens with zero attached hydrogens (tertiary/aromatic N) is 1. The molecule has 2 aromatic rings. The van der Waals surface area contributed by atoms with Crippen LogP contribution in [0, 0.1) is 5.92 Å². The van der Waals surface area contributed by atoms with E-state index in [2.05, 4.69) is 0 Å². The number of rotatable bonds is 4. The van der Waals surface area contributed by atoms with Crippen LogP contribution in [0.5, 0.6) is 0 Å². The van der Waals surface area contributed by atoms with Gasteiger partial charge in [0.15, 0.2) is 0 Å². The average Bonchev–Trinajstić information content (AvgIpc) is 2.95. The van der Waals surface area contributed by atoms with Gasteiger partial charge in [0, 0.05) is 6.54 Å². The predicted molar refractivity (Wildman–Crippen MR) is 103 cm³/mol. The fourth-order valence-corrected chi connectivity index (χ4v) is 3.63. The zero-order valence-electron chi connectivity index (χ0n) is 15.9. The van der Waals surface area contributed by atoms with E-state index in [-0.39, 0.29) is 5.97 Å². The maximum absolute atomic E-state index is 12.4. The third-order valence-electron chi connectivity index (χ3n) is 4.86. The first-order valence-electron chi connectivity index (χ1n) is 9.13. The normalized spacial score (nSPS) is 21.9. The van der Waals surface area contributed by atoms with Gasteiger partial charge in [0.25, 0.3) is 0 Å². The average molecular weight is 370 g/mol. The number of ether oxygens (including phenoxy) is 1. The largest absolute Gasteiger partial charge is 0.480 e. The van der Waals surface area contributed by atoms with Gasteiger partial charge in [-0.2, -0.15) is 0 Å². The van der Waals surface area contributed by atoms with Crippen molar-refractivity contribution in [3.8, 4) is 0 Å². The Balaban J connectivity index is 1.87. The molecule has 0 radical (unpaired) electrons. The second-order valence-electron chi connectivity index (χ2n) is 8.00. The summed E-state index contributed by atoms with van der Waals surface area (Å²) in [5.41, 5.74) is 6.35. The highest BCUT2D eigenvalue weighted by molar-refractivity contribution is 5.85. The topological polar surface area (TPSA) is 92.9 Å². The second kappa shape index (κ2) is 7.29. The molecule has 0 aliphatic carbocycles. The Bertz CT molecular complexity index is 859. The minimum atomic E-state index is -0.981. The van der Waals surface area contributed by atoms with Crippen molar-refractivity contribution < 1.29 is 19.4 Å². The fraction of sp³-hybridized carbons (Fsp3) is 0.429. The van der Waals surface area contributed by atoms with Crippen LogP contribution in [-0.4, -0.2) is 40.3 Å². The van der Waals surface area contributed by atoms with Crippen LogP contribution in [0.3, 0.4) is 0 Å². The first kappa shape index (κ1) is 19.3. The van der Waals surface area contributed by atoms with Crippen molar-refractivity contribution in [2.75, 3.05) is 6.54 Å². The number of fused-ring (bicyclic) bond motifs is 1. The number of likely N-dealkylation sites (tertiary alicyclic amines) is 1. The van der Waals surface area contributed by atoms with E-state index in [4.69, 9.17) is 10.5 Å². The lowest BCUT2D eigenvalue weighted by Crippen LogP contribution is -2.47. The third kappa shape index (κ3) is 4.12. The van der Waals surface area contributed by atoms with Crippen LogP contribution >= 0.6 is 0 Å². The second-order valence-corrected chi connectivity index (χ2v) is 8.00. The molecule has 1 heterocycles. The van der Waals surface area contributed by atoms with Crippen LogP contribution in [0.2, 0.25) is 0 Å². The van der Waals surface area contributed by atoms with Gasteiger partial charge in [0.05, 0.1) is 12.1 Å². The van der Waals surface area contributed by atoms with Gasteiger partial charge in [0.1, 0.15) is 11.6 Å². The van der Waals surface area contributed by atoms with Crippen molar-refractivity contribution in [1.29, 1.82) is 0 Å². The molecule has 6 heteroatoms. The Labute approximate surface area is 158 Å². The molecule has 144 valence electrons. The zero-order chi connectivity index (χ0) is 19.8. The van der Waals surface area contributed by atoms with Crippen molar-refractivity contribution in [2.24, 2.45) is 11.7 Å². The van der Waals surface area contributed by atoms with E-state index in [1.165, 1.54) is 0 Å². The molecule has 3 N–H and O–H groups in total. The summed E-state index contributed by atoms with van der Waals surface area (Å²) in [7, 11) is 0. The van der Waals surface area contributed by atoms with Gasteiger partial charge in [-0.1, -0.05) is 36.4 Å². The Morgan fingerprint density at radius 1 is 1.19 bits per heavy atom. The number of carboxylic acids is 1. The Hall–Kier alpha value is -2.44. The summed E-state index contributed by atoms with van der Waals surface area (Å²) in [6, 6.07) is 12.5. The number of esters is 1. The Morgan fingerprint density at radius 3 is 2.48 bits per heavy atom. The first-order valence-corrected chi connectivity index (χ1v) is 9.13. The molecule has 2 aromatic carbocycles. The summed E-state index contributed by atoms with van der Waals surface area (Å²) in [6.45, 7) is 5.84. The summed E-state index contributed by atoms with van der Waals surface area (Å²) >= 11 is 0. The molecule has 0 amide bonds. The maximum Gasteiger partial charge on any atom is 0.325 e. The van der Waals surface area contributed by atoms with Crippen molar-refractivity contribution in [3.63, 3.8) is 0 Å². The van der Waals surface area contributed by atoms with Crippen LogP contribution < -0.4 is 5.73 Å². The van der Waals surface area contributed by atoms with Crippen LogP contribution in [-0.2, 0) is 14.3 Å². The van der Waals surface area contributed by atoms with Crippen LogP contribution in [0.4, 0.5) is 0 Å². The smallest absolute Gasteiger partial charge is 0.325 e. The standard InChI is InChI=1S/C21H26N2O4/c1-21(2,3)27-20(26)16-10-11-23(18(16)22)17(19(24)25)15-9-8-13-6-4-5-7-14(13)12-15/h4-9,12,16-18H,10-11,22H2,1-3H3,(H,24,25)/t16-,17+,18-/m1/s1. The number of hydrogen-bond donors (Lipinski definition) is 2. The lowest BCUT2D eigenvalue weighted by molar-refractivity contribution is -0.161. The van der Waals surface area contributed by atoms with E-state index >= 15 is 0 Å². The molecule has 3 rings (SSSR count). The molecule has 0 aromatic heterocycles. The molecular weight excluding hydrogens is 344 g/mol. The Morgan fingerprint density at radius 2 is 1.85 bits per heavy atom. The van der Waals surface area contributed by atoms with E-state index in [0.717, 1.165) is 10.8 Å². The van der Waals surface area contributed by atoms with Crippen LogP contribution in [0.25, 0.3) is 10.8 Å². The molecule has 0 unspecified atom stereocenters. The van der Waals surface area contributed by atoms with E-state index < -0.39 is 29.7 Å². The van der Waals surface area contributed by atoms with Crippen molar-refractivity contribution in [2.45, 2.75) is 45.0 Å². The number of carbonyl (C=O) groups is 2. The number of benzene rings is 2. The van der Waals surface area contributed by atoms with Gasteiger partial charge < -0.3 is 15.6 Å². The minimum absolute atomic E-state index is 0.375. The molecule has 1 aliphatic heterocycles. The van der Waals surface area contributed by atoms with Gasteiger partial charge in [-0.15, -0.1) is 0 Å². The number of aliphatic carboxylic acids is 1. The van der Waals surface area contributed by atoms with Crippen LogP contribution in [0.1, 0.15) is 38.8 Å². The van der Waals surface area contributed by atoms with E-state index in [0.29, 0.717) is 18.5 Å². The highest BCUT2D eigenvalue weighted by atomic mass is 16.6. The number of nitrogens with two attached hydrogens (primary N) is 1. The van der Waals surface area contributed by atoms with Crippen molar-refractivity contribution in [3.05, 3.63) is 48.0 Å². The summed E-state index contributed by atoms with van der Waals surface area (Å²) in [5, 5.41) is 11.9. The molecule has 0 spiro atoms. The summed E-state index contributed by atoms with van der Waals surface area (Å²) in [4.78, 5) is 26.2. The highest BCUT2D eigenvalue weighted by Gasteiger charge is 2.44. The summed E-state index contributed by atoms with van der Waals surface area (Å²) in [6.07, 6.45) is -0.222. The van der Waals surface area contributed by atoms with E-state index in [1.807, 2.05) is 42.5 Å². The molecule has 6 nitrogen and oxygen atoms in total. The van der Waals surface area contributed by atoms with E-state index in [1.54, 1.807) is 25.7 Å². The predicted octanol–water partition coefficient (Wildman–Crippen LogP) is 2.91. The summed E-state index contributed by atoms with van der Waals surface area (Å²) < 4.78 is 5.45. The van der Waals surface area contributed by atoms with Crippen LogP contribution in [0.15, 0.2) is 42.5 Å². The molecule has 27 heavy (non-hydrogen) atoms. The molecule has 3 atom stereocenters. The molecule has 1 saturated heterocycles. The maximum atomic E-state index is 12.4. The number of hydrogen-bond acceptors (Lipinski definition) is 5. The fourth-order valence-electron chi connectivity index (χ4n) is 3.63. The van der Waals surface area contributed by atoms with E-state index in [9.17, 15) is 14.7 Å². The van der Waals surface area contributed by atoms with Gasteiger partial charge in [0.2, 0.25) is 0 Å². The van der Waals surface area contributed by atoms with Gasteiger partial charge >= 0.3 is 11.9 Å². The first-order chi connectivity index (χ1) is 12.7. The van der Waals surface area contributed by atoms with Crippen molar-refractivity contribution in [1.82, 2.24) is 4.90 Å². The number of carboxylic acid groups (broad SMARTS) is 1. The quantitative estimate of drug-likeness (QED) is 0.804. The molecule has 0 bridgehead atoms. The monoisotopic (exact) mass is 370 g/mol. The molecular formula is C21H26N2O4. The SMILES string of the molecule is CC(C)(C)OC(=O)[C@@H]1CCN([C@H](C(=O)O)c2ccc3ccccc3c2)[C@H]1N. The lowest BCUT2D eigenvalue weighted by Gasteiger charge is -2.30. The molecule has 1 fully saturated rings. The zero-order valence-corrected chi connectivity index (χ0v) is 15.9. The Kier molecular flexibility index (Phi) is 5.22. The third-order valence-corrected chi connectivity index (χ3v) is 4.86. The van der Waals surface area contributed by atoms with Crippen molar-refractivity contribution >= 4 is 22.7 Å².